The maximum atomic E-state index is 10.8. The number of hydrogen-bond acceptors (Lipinski definition) is 5. The van der Waals surface area contributed by atoms with Gasteiger partial charge in [0.2, 0.25) is 5.82 Å². The van der Waals surface area contributed by atoms with Crippen LogP contribution in [0.4, 0.5) is 0 Å². The maximum absolute atomic E-state index is 10.8. The molecule has 0 unspecified atom stereocenters. The Morgan fingerprint density at radius 1 is 1.50 bits per heavy atom. The molecule has 0 aliphatic rings. The van der Waals surface area contributed by atoms with Crippen molar-refractivity contribution in [3.05, 3.63) is 24.0 Å². The quantitative estimate of drug-likeness (QED) is 0.690. The highest BCUT2D eigenvalue weighted by molar-refractivity contribution is 5.94. The predicted molar refractivity (Wildman–Crippen MR) is 44.4 cm³/mol. The van der Waals surface area contributed by atoms with E-state index in [4.69, 9.17) is 5.11 Å². The van der Waals surface area contributed by atoms with E-state index in [1.165, 1.54) is 18.5 Å². The number of H-pyrrole nitrogens is 1. The molecule has 0 bridgehead atoms. The Morgan fingerprint density at radius 3 is 3.00 bits per heavy atom. The minimum absolute atomic E-state index is 0.0499. The molecule has 0 aliphatic heterocycles. The van der Waals surface area contributed by atoms with Crippen molar-refractivity contribution < 1.29 is 9.90 Å². The van der Waals surface area contributed by atoms with Crippen molar-refractivity contribution in [3.8, 4) is 11.4 Å². The van der Waals surface area contributed by atoms with Crippen LogP contribution in [0.15, 0.2) is 18.5 Å². The number of pyridine rings is 1. The van der Waals surface area contributed by atoms with E-state index in [0.717, 1.165) is 0 Å². The van der Waals surface area contributed by atoms with Gasteiger partial charge in [-0.05, 0) is 11.3 Å². The van der Waals surface area contributed by atoms with Crippen LogP contribution in [0.5, 0.6) is 0 Å². The lowest BCUT2D eigenvalue weighted by Crippen LogP contribution is -2.00. The molecule has 2 aromatic heterocycles. The summed E-state index contributed by atoms with van der Waals surface area (Å²) in [4.78, 5) is 14.5. The summed E-state index contributed by atoms with van der Waals surface area (Å²) in [5.41, 5.74) is 0.440. The molecule has 0 radical (unpaired) electrons. The Labute approximate surface area is 77.8 Å². The summed E-state index contributed by atoms with van der Waals surface area (Å²) in [5, 5.41) is 21.8. The Kier molecular flexibility index (Phi) is 1.90. The molecule has 2 heterocycles. The van der Waals surface area contributed by atoms with E-state index in [2.05, 4.69) is 25.6 Å². The summed E-state index contributed by atoms with van der Waals surface area (Å²) in [6, 6.07) is 1.52. The monoisotopic (exact) mass is 191 g/mol. The molecule has 0 aromatic carbocycles. The number of aromatic amines is 1. The minimum atomic E-state index is -1.07. The Bertz CT molecular complexity index is 453. The number of nitrogens with zero attached hydrogens (tertiary/aromatic N) is 4. The van der Waals surface area contributed by atoms with E-state index in [1.54, 1.807) is 0 Å². The summed E-state index contributed by atoms with van der Waals surface area (Å²) >= 11 is 0. The molecule has 70 valence electrons. The number of carbonyl (C=O) groups is 1. The molecule has 0 saturated carbocycles. The van der Waals surface area contributed by atoms with Crippen molar-refractivity contribution in [1.29, 1.82) is 0 Å². The van der Waals surface area contributed by atoms with Crippen LogP contribution in [0.1, 0.15) is 10.4 Å². The molecule has 0 fully saturated rings. The van der Waals surface area contributed by atoms with Gasteiger partial charge in [-0.15, -0.1) is 10.2 Å². The van der Waals surface area contributed by atoms with Gasteiger partial charge in [0.15, 0.2) is 0 Å². The van der Waals surface area contributed by atoms with Crippen molar-refractivity contribution in [2.75, 3.05) is 0 Å². The van der Waals surface area contributed by atoms with Crippen molar-refractivity contribution in [2.24, 2.45) is 0 Å². The molecule has 2 N–H and O–H groups in total. The largest absolute Gasteiger partial charge is 0.478 e. The maximum Gasteiger partial charge on any atom is 0.338 e. The molecule has 7 heteroatoms. The number of carboxylic acids is 1. The molecule has 0 aliphatic carbocycles. The van der Waals surface area contributed by atoms with Crippen LogP contribution < -0.4 is 0 Å². The van der Waals surface area contributed by atoms with Crippen LogP contribution in [0, 0.1) is 0 Å². The van der Waals surface area contributed by atoms with Crippen molar-refractivity contribution in [1.82, 2.24) is 25.6 Å². The highest BCUT2D eigenvalue weighted by atomic mass is 16.4. The number of nitrogens with one attached hydrogen (secondary N) is 1. The number of hydrogen-bond donors (Lipinski definition) is 2. The highest BCUT2D eigenvalue weighted by Crippen LogP contribution is 2.17. The zero-order chi connectivity index (χ0) is 9.97. The fourth-order valence-corrected chi connectivity index (χ4v) is 1.04. The number of carboxylic acid groups (broad SMARTS) is 1. The molecular weight excluding hydrogens is 186 g/mol. The molecule has 0 saturated heterocycles. The Balaban J connectivity index is 2.58. The standard InChI is InChI=1S/C7H5N5O2/c13-7(14)5-3-8-2-1-4(5)6-9-11-12-10-6/h1-3H,(H,13,14)(H,9,10,11,12). The third-order valence-corrected chi connectivity index (χ3v) is 1.64. The summed E-state index contributed by atoms with van der Waals surface area (Å²) in [6.07, 6.45) is 2.71. The van der Waals surface area contributed by atoms with Crippen LogP contribution in [0.3, 0.4) is 0 Å². The third-order valence-electron chi connectivity index (χ3n) is 1.64. The van der Waals surface area contributed by atoms with Gasteiger partial charge in [-0.3, -0.25) is 4.98 Å². The zero-order valence-electron chi connectivity index (χ0n) is 6.88. The van der Waals surface area contributed by atoms with Gasteiger partial charge in [0.1, 0.15) is 0 Å². The first-order valence-electron chi connectivity index (χ1n) is 3.70. The van der Waals surface area contributed by atoms with Gasteiger partial charge >= 0.3 is 5.97 Å². The second-order valence-corrected chi connectivity index (χ2v) is 2.46. The van der Waals surface area contributed by atoms with E-state index < -0.39 is 5.97 Å². The molecule has 7 nitrogen and oxygen atoms in total. The Morgan fingerprint density at radius 2 is 2.36 bits per heavy atom. The molecule has 14 heavy (non-hydrogen) atoms. The number of aromatic carboxylic acids is 1. The lowest BCUT2D eigenvalue weighted by molar-refractivity contribution is 0.0697. The molecule has 2 aromatic rings. The second-order valence-electron chi connectivity index (χ2n) is 2.46. The van der Waals surface area contributed by atoms with Crippen molar-refractivity contribution >= 4 is 5.97 Å². The average Bonchev–Trinajstić information content (AvgIpc) is 2.70. The molecule has 0 spiro atoms. The molecule has 2 rings (SSSR count). The SMILES string of the molecule is O=C(O)c1cnccc1-c1nn[nH]n1. The first-order chi connectivity index (χ1) is 6.79. The van der Waals surface area contributed by atoms with E-state index in [0.29, 0.717) is 5.56 Å². The third kappa shape index (κ3) is 1.30. The summed E-state index contributed by atoms with van der Waals surface area (Å²) < 4.78 is 0. The van der Waals surface area contributed by atoms with E-state index in [9.17, 15) is 4.79 Å². The molecule has 0 atom stereocenters. The van der Waals surface area contributed by atoms with Crippen molar-refractivity contribution in [3.63, 3.8) is 0 Å². The van der Waals surface area contributed by atoms with E-state index in [1.807, 2.05) is 0 Å². The molecule has 0 amide bonds. The van der Waals surface area contributed by atoms with Gasteiger partial charge in [-0.1, -0.05) is 0 Å². The lowest BCUT2D eigenvalue weighted by Gasteiger charge is -1.98. The minimum Gasteiger partial charge on any atom is -0.478 e. The number of rotatable bonds is 2. The fraction of sp³-hybridized carbons (Fsp3) is 0. The van der Waals surface area contributed by atoms with E-state index >= 15 is 0 Å². The van der Waals surface area contributed by atoms with E-state index in [-0.39, 0.29) is 11.4 Å². The van der Waals surface area contributed by atoms with Crippen molar-refractivity contribution in [2.45, 2.75) is 0 Å². The first kappa shape index (κ1) is 8.30. The van der Waals surface area contributed by atoms with Gasteiger partial charge < -0.3 is 5.11 Å². The second kappa shape index (κ2) is 3.21. The first-order valence-corrected chi connectivity index (χ1v) is 3.70. The van der Waals surface area contributed by atoms with Gasteiger partial charge in [-0.25, -0.2) is 4.79 Å². The van der Waals surface area contributed by atoms with Gasteiger partial charge in [0.25, 0.3) is 0 Å². The van der Waals surface area contributed by atoms with Gasteiger partial charge in [0, 0.05) is 18.0 Å². The molecular formula is C7H5N5O2. The van der Waals surface area contributed by atoms with Crippen LogP contribution in [-0.4, -0.2) is 36.7 Å². The zero-order valence-corrected chi connectivity index (χ0v) is 6.88. The summed E-state index contributed by atoms with van der Waals surface area (Å²) in [6.45, 7) is 0. The summed E-state index contributed by atoms with van der Waals surface area (Å²) in [7, 11) is 0. The van der Waals surface area contributed by atoms with Crippen LogP contribution in [0.2, 0.25) is 0 Å². The van der Waals surface area contributed by atoms with Crippen LogP contribution in [0.25, 0.3) is 11.4 Å². The fourth-order valence-electron chi connectivity index (χ4n) is 1.04. The summed E-state index contributed by atoms with van der Waals surface area (Å²) in [5.74, 6) is -0.831. The highest BCUT2D eigenvalue weighted by Gasteiger charge is 2.14. The average molecular weight is 191 g/mol. The normalized spacial score (nSPS) is 10.0. The van der Waals surface area contributed by atoms with Gasteiger partial charge in [0.05, 0.1) is 5.56 Å². The van der Waals surface area contributed by atoms with Crippen LogP contribution >= 0.6 is 0 Å². The Hall–Kier alpha value is -2.31. The smallest absolute Gasteiger partial charge is 0.338 e. The number of tetrazole rings is 1. The van der Waals surface area contributed by atoms with Crippen LogP contribution in [-0.2, 0) is 0 Å². The topological polar surface area (TPSA) is 105 Å². The lowest BCUT2D eigenvalue weighted by atomic mass is 10.1. The predicted octanol–water partition coefficient (Wildman–Crippen LogP) is -0.0401. The van der Waals surface area contributed by atoms with Gasteiger partial charge in [-0.2, -0.15) is 5.21 Å². The number of aromatic nitrogens is 5.